The summed E-state index contributed by atoms with van der Waals surface area (Å²) >= 11 is 0. The Labute approximate surface area is 169 Å². The number of anilines is 1. The molecular formula is C21H22N2O5S. The van der Waals surface area contributed by atoms with Crippen LogP contribution in [-0.2, 0) is 16.6 Å². The first-order valence-electron chi connectivity index (χ1n) is 9.06. The Balaban J connectivity index is 1.77. The van der Waals surface area contributed by atoms with Gasteiger partial charge in [-0.2, -0.15) is 0 Å². The second kappa shape index (κ2) is 8.83. The number of benzene rings is 2. The van der Waals surface area contributed by atoms with E-state index in [9.17, 15) is 13.2 Å². The molecule has 29 heavy (non-hydrogen) atoms. The molecular weight excluding hydrogens is 392 g/mol. The van der Waals surface area contributed by atoms with Gasteiger partial charge in [0.15, 0.2) is 0 Å². The lowest BCUT2D eigenvalue weighted by atomic mass is 10.1. The van der Waals surface area contributed by atoms with Crippen LogP contribution >= 0.6 is 0 Å². The van der Waals surface area contributed by atoms with Crippen LogP contribution in [0.3, 0.4) is 0 Å². The SMILES string of the molecule is CCOc1ccc(NS(=O)(=O)c2cc(C(=O)NCc3ccco3)ccc2C)cc1. The molecule has 0 spiro atoms. The van der Waals surface area contributed by atoms with Gasteiger partial charge < -0.3 is 14.5 Å². The Hall–Kier alpha value is -3.26. The van der Waals surface area contributed by atoms with E-state index in [1.165, 1.54) is 12.3 Å². The molecule has 152 valence electrons. The van der Waals surface area contributed by atoms with Crippen molar-refractivity contribution in [3.63, 3.8) is 0 Å². The molecule has 0 atom stereocenters. The van der Waals surface area contributed by atoms with E-state index >= 15 is 0 Å². The maximum absolute atomic E-state index is 12.9. The molecule has 1 amide bonds. The van der Waals surface area contributed by atoms with Crippen LogP contribution < -0.4 is 14.8 Å². The Kier molecular flexibility index (Phi) is 6.23. The van der Waals surface area contributed by atoms with E-state index in [0.29, 0.717) is 29.4 Å². The number of nitrogens with one attached hydrogen (secondary N) is 2. The predicted octanol–water partition coefficient (Wildman–Crippen LogP) is 3.72. The Bertz CT molecular complexity index is 1070. The summed E-state index contributed by atoms with van der Waals surface area (Å²) in [6.45, 7) is 4.29. The van der Waals surface area contributed by atoms with Crippen molar-refractivity contribution in [3.05, 3.63) is 77.7 Å². The number of carbonyl (C=O) groups is 1. The predicted molar refractivity (Wildman–Crippen MR) is 109 cm³/mol. The lowest BCUT2D eigenvalue weighted by molar-refractivity contribution is 0.0948. The molecule has 0 radical (unpaired) electrons. The van der Waals surface area contributed by atoms with Crippen molar-refractivity contribution in [2.75, 3.05) is 11.3 Å². The zero-order valence-electron chi connectivity index (χ0n) is 16.1. The number of furan rings is 1. The molecule has 0 aliphatic carbocycles. The van der Waals surface area contributed by atoms with E-state index in [2.05, 4.69) is 10.0 Å². The molecule has 8 heteroatoms. The summed E-state index contributed by atoms with van der Waals surface area (Å²) in [7, 11) is -3.87. The summed E-state index contributed by atoms with van der Waals surface area (Å²) < 4.78 is 38.8. The zero-order valence-corrected chi connectivity index (χ0v) is 17.0. The van der Waals surface area contributed by atoms with Gasteiger partial charge in [0.1, 0.15) is 11.5 Å². The topological polar surface area (TPSA) is 97.6 Å². The zero-order chi connectivity index (χ0) is 20.9. The molecule has 0 bridgehead atoms. The second-order valence-corrected chi connectivity index (χ2v) is 7.96. The van der Waals surface area contributed by atoms with Crippen molar-refractivity contribution in [2.45, 2.75) is 25.3 Å². The fraction of sp³-hybridized carbons (Fsp3) is 0.190. The van der Waals surface area contributed by atoms with Gasteiger partial charge >= 0.3 is 0 Å². The van der Waals surface area contributed by atoms with E-state index in [4.69, 9.17) is 9.15 Å². The van der Waals surface area contributed by atoms with Gasteiger partial charge in [0.2, 0.25) is 0 Å². The number of sulfonamides is 1. The number of aryl methyl sites for hydroxylation is 1. The fourth-order valence-corrected chi connectivity index (χ4v) is 4.04. The molecule has 2 N–H and O–H groups in total. The minimum atomic E-state index is -3.87. The molecule has 0 saturated heterocycles. The number of hydrogen-bond acceptors (Lipinski definition) is 5. The first-order chi connectivity index (χ1) is 13.9. The van der Waals surface area contributed by atoms with E-state index < -0.39 is 10.0 Å². The molecule has 3 rings (SSSR count). The van der Waals surface area contributed by atoms with Crippen molar-refractivity contribution in [1.29, 1.82) is 0 Å². The van der Waals surface area contributed by atoms with Crippen LogP contribution in [0, 0.1) is 6.92 Å². The van der Waals surface area contributed by atoms with Gasteiger partial charge in [-0.3, -0.25) is 9.52 Å². The van der Waals surface area contributed by atoms with Crippen molar-refractivity contribution < 1.29 is 22.4 Å². The van der Waals surface area contributed by atoms with Crippen molar-refractivity contribution in [3.8, 4) is 5.75 Å². The summed E-state index contributed by atoms with van der Waals surface area (Å²) in [5.41, 5.74) is 1.18. The lowest BCUT2D eigenvalue weighted by Gasteiger charge is -2.12. The van der Waals surface area contributed by atoms with Gasteiger partial charge in [0, 0.05) is 11.3 Å². The van der Waals surface area contributed by atoms with Crippen LogP contribution in [0.4, 0.5) is 5.69 Å². The van der Waals surface area contributed by atoms with Gasteiger partial charge in [-0.25, -0.2) is 8.42 Å². The normalized spacial score (nSPS) is 11.1. The first-order valence-corrected chi connectivity index (χ1v) is 10.5. The van der Waals surface area contributed by atoms with Gasteiger partial charge in [0.25, 0.3) is 15.9 Å². The quantitative estimate of drug-likeness (QED) is 0.585. The third-order valence-electron chi connectivity index (χ3n) is 4.16. The van der Waals surface area contributed by atoms with Gasteiger partial charge in [0.05, 0.1) is 24.3 Å². The van der Waals surface area contributed by atoms with Crippen molar-refractivity contribution >= 4 is 21.6 Å². The Morgan fingerprint density at radius 2 is 1.86 bits per heavy atom. The molecule has 7 nitrogen and oxygen atoms in total. The number of carbonyl (C=O) groups excluding carboxylic acids is 1. The van der Waals surface area contributed by atoms with Gasteiger partial charge in [-0.1, -0.05) is 6.07 Å². The summed E-state index contributed by atoms with van der Waals surface area (Å²) in [6, 6.07) is 14.6. The highest BCUT2D eigenvalue weighted by Gasteiger charge is 2.19. The fourth-order valence-electron chi connectivity index (χ4n) is 2.71. The Morgan fingerprint density at radius 1 is 1.10 bits per heavy atom. The average Bonchev–Trinajstić information content (AvgIpc) is 3.21. The third-order valence-corrected chi connectivity index (χ3v) is 5.68. The van der Waals surface area contributed by atoms with Crippen LogP contribution in [-0.4, -0.2) is 20.9 Å². The Morgan fingerprint density at radius 3 is 2.52 bits per heavy atom. The average molecular weight is 414 g/mol. The second-order valence-electron chi connectivity index (χ2n) is 6.31. The smallest absolute Gasteiger partial charge is 0.262 e. The molecule has 0 fully saturated rings. The first kappa shape index (κ1) is 20.5. The van der Waals surface area contributed by atoms with Gasteiger partial charge in [-0.05, 0) is 67.9 Å². The minimum Gasteiger partial charge on any atom is -0.494 e. The highest BCUT2D eigenvalue weighted by molar-refractivity contribution is 7.92. The molecule has 2 aromatic carbocycles. The standard InChI is InChI=1S/C21H22N2O5S/c1-3-27-18-10-8-17(9-11-18)23-29(25,26)20-13-16(7-6-15(20)2)21(24)22-14-19-5-4-12-28-19/h4-13,23H,3,14H2,1-2H3,(H,22,24). The largest absolute Gasteiger partial charge is 0.494 e. The molecule has 0 saturated carbocycles. The number of rotatable bonds is 8. The molecule has 1 aromatic heterocycles. The van der Waals surface area contributed by atoms with E-state index in [-0.39, 0.29) is 22.9 Å². The van der Waals surface area contributed by atoms with Crippen LogP contribution in [0.2, 0.25) is 0 Å². The van der Waals surface area contributed by atoms with Crippen LogP contribution in [0.5, 0.6) is 5.75 Å². The van der Waals surface area contributed by atoms with E-state index in [1.54, 1.807) is 55.5 Å². The summed E-state index contributed by atoms with van der Waals surface area (Å²) in [6.07, 6.45) is 1.52. The molecule has 3 aromatic rings. The maximum atomic E-state index is 12.9. The van der Waals surface area contributed by atoms with Crippen molar-refractivity contribution in [1.82, 2.24) is 5.32 Å². The highest BCUT2D eigenvalue weighted by atomic mass is 32.2. The molecule has 0 aliphatic rings. The summed E-state index contributed by atoms with van der Waals surface area (Å²) in [4.78, 5) is 12.4. The lowest BCUT2D eigenvalue weighted by Crippen LogP contribution is -2.23. The van der Waals surface area contributed by atoms with E-state index in [0.717, 1.165) is 0 Å². The third kappa shape index (κ3) is 5.17. The molecule has 0 aliphatic heterocycles. The molecule has 1 heterocycles. The minimum absolute atomic E-state index is 0.0389. The highest BCUT2D eigenvalue weighted by Crippen LogP contribution is 2.22. The molecule has 0 unspecified atom stereocenters. The van der Waals surface area contributed by atoms with Crippen molar-refractivity contribution in [2.24, 2.45) is 0 Å². The van der Waals surface area contributed by atoms with Crippen LogP contribution in [0.15, 0.2) is 70.2 Å². The number of amides is 1. The van der Waals surface area contributed by atoms with Crippen LogP contribution in [0.25, 0.3) is 0 Å². The van der Waals surface area contributed by atoms with E-state index in [1.807, 2.05) is 6.92 Å². The van der Waals surface area contributed by atoms with Gasteiger partial charge in [-0.15, -0.1) is 0 Å². The summed E-state index contributed by atoms with van der Waals surface area (Å²) in [5.74, 6) is 0.872. The monoisotopic (exact) mass is 414 g/mol. The summed E-state index contributed by atoms with van der Waals surface area (Å²) in [5, 5.41) is 2.71. The van der Waals surface area contributed by atoms with Crippen LogP contribution in [0.1, 0.15) is 28.6 Å². The number of hydrogen-bond donors (Lipinski definition) is 2. The number of ether oxygens (including phenoxy) is 1. The maximum Gasteiger partial charge on any atom is 0.262 e.